The fraction of sp³-hybridized carbons (Fsp3) is 0.500. The quantitative estimate of drug-likeness (QED) is 0.420. The Kier molecular flexibility index (Phi) is 7.36. The number of rotatable bonds is 6. The van der Waals surface area contributed by atoms with Gasteiger partial charge in [0.15, 0.2) is 0 Å². The van der Waals surface area contributed by atoms with E-state index in [0.717, 1.165) is 12.8 Å². The van der Waals surface area contributed by atoms with Crippen molar-refractivity contribution < 1.29 is 9.13 Å². The zero-order valence-corrected chi connectivity index (χ0v) is 12.3. The van der Waals surface area contributed by atoms with Crippen LogP contribution in [-0.2, 0) is 0 Å². The lowest BCUT2D eigenvalue weighted by atomic mass is 10.1. The van der Waals surface area contributed by atoms with Crippen LogP contribution in [0.5, 0.6) is 5.75 Å². The second kappa shape index (κ2) is 8.82. The van der Waals surface area contributed by atoms with Gasteiger partial charge in [0, 0.05) is 18.4 Å². The number of alkyl halides is 1. The minimum Gasteiger partial charge on any atom is -0.493 e. The summed E-state index contributed by atoms with van der Waals surface area (Å²) in [5.41, 5.74) is 0.389. The summed E-state index contributed by atoms with van der Waals surface area (Å²) in [6.07, 6.45) is 2.66. The first kappa shape index (κ1) is 15.9. The molecule has 0 aromatic heterocycles. The van der Waals surface area contributed by atoms with Gasteiger partial charge in [0.25, 0.3) is 0 Å². The van der Waals surface area contributed by atoms with Crippen LogP contribution in [-0.4, -0.2) is 12.5 Å². The molecule has 104 valence electrons. The van der Waals surface area contributed by atoms with Gasteiger partial charge >= 0.3 is 0 Å². The smallest absolute Gasteiger partial charge is 0.142 e. The predicted molar refractivity (Wildman–Crippen MR) is 78.2 cm³/mol. The minimum atomic E-state index is -0.344. The number of benzene rings is 1. The molecule has 0 atom stereocenters. The largest absolute Gasteiger partial charge is 0.493 e. The van der Waals surface area contributed by atoms with Gasteiger partial charge in [-0.15, -0.1) is 11.6 Å². The lowest BCUT2D eigenvalue weighted by Gasteiger charge is -2.08. The van der Waals surface area contributed by atoms with Crippen molar-refractivity contribution in [3.8, 4) is 17.6 Å². The van der Waals surface area contributed by atoms with E-state index in [0.29, 0.717) is 36.1 Å². The van der Waals surface area contributed by atoms with Crippen LogP contribution >= 0.6 is 11.6 Å². The van der Waals surface area contributed by atoms with E-state index in [4.69, 9.17) is 16.3 Å². The molecule has 0 aliphatic rings. The summed E-state index contributed by atoms with van der Waals surface area (Å²) in [6, 6.07) is 4.79. The van der Waals surface area contributed by atoms with Crippen LogP contribution in [0.1, 0.15) is 38.7 Å². The van der Waals surface area contributed by atoms with E-state index in [1.807, 2.05) is 0 Å². The maximum atomic E-state index is 13.7. The summed E-state index contributed by atoms with van der Waals surface area (Å²) >= 11 is 5.51. The molecule has 0 radical (unpaired) electrons. The Morgan fingerprint density at radius 1 is 1.37 bits per heavy atom. The third-order valence-corrected chi connectivity index (χ3v) is 2.77. The molecule has 19 heavy (non-hydrogen) atoms. The zero-order chi connectivity index (χ0) is 14.1. The molecule has 1 nitrogen and oxygen atoms in total. The molecular formula is C16H20ClFO. The summed E-state index contributed by atoms with van der Waals surface area (Å²) in [5, 5.41) is 0. The molecule has 0 unspecified atom stereocenters. The van der Waals surface area contributed by atoms with Crippen LogP contribution in [0.4, 0.5) is 4.39 Å². The molecule has 0 aliphatic carbocycles. The maximum absolute atomic E-state index is 13.7. The summed E-state index contributed by atoms with van der Waals surface area (Å²) in [4.78, 5) is 0. The normalized spacial score (nSPS) is 10.2. The van der Waals surface area contributed by atoms with Crippen molar-refractivity contribution >= 4 is 11.6 Å². The topological polar surface area (TPSA) is 9.23 Å². The van der Waals surface area contributed by atoms with Crippen molar-refractivity contribution in [3.05, 3.63) is 29.6 Å². The summed E-state index contributed by atoms with van der Waals surface area (Å²) < 4.78 is 19.2. The standard InChI is InChI=1S/C16H20ClFO/c1-13(2)6-5-11-19-15-9-8-14(16(18)12-15)7-3-4-10-17/h8-9,12-13H,4-6,10-11H2,1-2H3. The highest BCUT2D eigenvalue weighted by Crippen LogP contribution is 2.16. The molecule has 0 heterocycles. The van der Waals surface area contributed by atoms with Gasteiger partial charge in [-0.1, -0.05) is 25.7 Å². The van der Waals surface area contributed by atoms with Crippen LogP contribution < -0.4 is 4.74 Å². The molecule has 0 saturated carbocycles. The van der Waals surface area contributed by atoms with Gasteiger partial charge in [-0.3, -0.25) is 0 Å². The molecule has 0 aliphatic heterocycles. The molecule has 0 bridgehead atoms. The maximum Gasteiger partial charge on any atom is 0.142 e. The van der Waals surface area contributed by atoms with Crippen molar-refractivity contribution in [2.24, 2.45) is 5.92 Å². The van der Waals surface area contributed by atoms with Gasteiger partial charge in [0.1, 0.15) is 11.6 Å². The van der Waals surface area contributed by atoms with Gasteiger partial charge in [-0.05, 0) is 30.9 Å². The molecule has 0 N–H and O–H groups in total. The zero-order valence-electron chi connectivity index (χ0n) is 11.5. The van der Waals surface area contributed by atoms with Gasteiger partial charge in [-0.25, -0.2) is 4.39 Å². The van der Waals surface area contributed by atoms with E-state index in [1.54, 1.807) is 12.1 Å². The minimum absolute atomic E-state index is 0.344. The van der Waals surface area contributed by atoms with Crippen molar-refractivity contribution in [2.45, 2.75) is 33.1 Å². The molecular weight excluding hydrogens is 263 g/mol. The Balaban J connectivity index is 2.50. The highest BCUT2D eigenvalue weighted by molar-refractivity contribution is 6.18. The molecule has 0 saturated heterocycles. The van der Waals surface area contributed by atoms with E-state index in [1.165, 1.54) is 6.07 Å². The molecule has 1 aromatic carbocycles. The Labute approximate surface area is 120 Å². The van der Waals surface area contributed by atoms with E-state index < -0.39 is 0 Å². The molecule has 1 aromatic rings. The first-order chi connectivity index (χ1) is 9.13. The van der Waals surface area contributed by atoms with Crippen molar-refractivity contribution in [1.29, 1.82) is 0 Å². The number of ether oxygens (including phenoxy) is 1. The monoisotopic (exact) mass is 282 g/mol. The second-order valence-corrected chi connectivity index (χ2v) is 5.14. The number of hydrogen-bond donors (Lipinski definition) is 0. The number of halogens is 2. The van der Waals surface area contributed by atoms with Crippen molar-refractivity contribution in [2.75, 3.05) is 12.5 Å². The van der Waals surface area contributed by atoms with E-state index in [-0.39, 0.29) is 5.82 Å². The third kappa shape index (κ3) is 6.50. The van der Waals surface area contributed by atoms with Crippen LogP contribution in [0.3, 0.4) is 0 Å². The van der Waals surface area contributed by atoms with Crippen LogP contribution in [0, 0.1) is 23.6 Å². The fourth-order valence-corrected chi connectivity index (χ4v) is 1.67. The average molecular weight is 283 g/mol. The van der Waals surface area contributed by atoms with E-state index in [2.05, 4.69) is 25.7 Å². The van der Waals surface area contributed by atoms with Crippen LogP contribution in [0.15, 0.2) is 18.2 Å². The predicted octanol–water partition coefficient (Wildman–Crippen LogP) is 4.62. The van der Waals surface area contributed by atoms with Crippen molar-refractivity contribution in [1.82, 2.24) is 0 Å². The first-order valence-electron chi connectivity index (χ1n) is 6.60. The number of hydrogen-bond acceptors (Lipinski definition) is 1. The highest BCUT2D eigenvalue weighted by Gasteiger charge is 2.02. The highest BCUT2D eigenvalue weighted by atomic mass is 35.5. The third-order valence-electron chi connectivity index (χ3n) is 2.58. The molecule has 1 rings (SSSR count). The summed E-state index contributed by atoms with van der Waals surface area (Å²) in [6.45, 7) is 4.97. The summed E-state index contributed by atoms with van der Waals surface area (Å²) in [5.74, 6) is 6.92. The van der Waals surface area contributed by atoms with Crippen LogP contribution in [0.2, 0.25) is 0 Å². The molecule has 0 fully saturated rings. The second-order valence-electron chi connectivity index (χ2n) is 4.77. The van der Waals surface area contributed by atoms with E-state index in [9.17, 15) is 4.39 Å². The Morgan fingerprint density at radius 2 is 2.16 bits per heavy atom. The Bertz CT molecular complexity index is 446. The molecule has 0 spiro atoms. The Morgan fingerprint density at radius 3 is 2.79 bits per heavy atom. The lowest BCUT2D eigenvalue weighted by Crippen LogP contribution is -2.00. The fourth-order valence-electron chi connectivity index (χ4n) is 1.57. The van der Waals surface area contributed by atoms with Gasteiger partial charge in [-0.2, -0.15) is 0 Å². The molecule has 3 heteroatoms. The Hall–Kier alpha value is -1.20. The molecule has 0 amide bonds. The van der Waals surface area contributed by atoms with Crippen LogP contribution in [0.25, 0.3) is 0 Å². The SMILES string of the molecule is CC(C)CCCOc1ccc(C#CCCCl)c(F)c1. The van der Waals surface area contributed by atoms with Gasteiger partial charge in [0.05, 0.1) is 12.2 Å². The summed E-state index contributed by atoms with van der Waals surface area (Å²) in [7, 11) is 0. The van der Waals surface area contributed by atoms with Gasteiger partial charge < -0.3 is 4.74 Å². The average Bonchev–Trinajstić information content (AvgIpc) is 2.37. The first-order valence-corrected chi connectivity index (χ1v) is 7.14. The lowest BCUT2D eigenvalue weighted by molar-refractivity contribution is 0.296. The van der Waals surface area contributed by atoms with Crippen molar-refractivity contribution in [3.63, 3.8) is 0 Å². The van der Waals surface area contributed by atoms with Gasteiger partial charge in [0.2, 0.25) is 0 Å². The van der Waals surface area contributed by atoms with E-state index >= 15 is 0 Å².